The molecule has 6 heteroatoms. The van der Waals surface area contributed by atoms with Crippen molar-refractivity contribution in [1.82, 2.24) is 9.55 Å². The van der Waals surface area contributed by atoms with Gasteiger partial charge in [0.15, 0.2) is 0 Å². The Morgan fingerprint density at radius 2 is 2.04 bits per heavy atom. The fraction of sp³-hybridized carbons (Fsp3) is 0.167. The molecule has 0 unspecified atom stereocenters. The predicted octanol–water partition coefficient (Wildman–Crippen LogP) is 3.41. The molecule has 1 N–H and O–H groups in total. The highest BCUT2D eigenvalue weighted by atomic mass is 79.9. The maximum Gasteiger partial charge on any atom is 0.256 e. The van der Waals surface area contributed by atoms with Gasteiger partial charge < -0.3 is 5.32 Å². The molecule has 0 saturated heterocycles. The monoisotopic (exact) mass is 385 g/mol. The summed E-state index contributed by atoms with van der Waals surface area (Å²) in [4.78, 5) is 28.5. The van der Waals surface area contributed by atoms with Crippen molar-refractivity contribution in [2.45, 2.75) is 20.4 Å². The number of hydrogen-bond acceptors (Lipinski definition) is 3. The number of carbonyl (C=O) groups excluding carboxylic acids is 1. The normalized spacial score (nSPS) is 10.8. The second-order valence-corrected chi connectivity index (χ2v) is 6.47. The summed E-state index contributed by atoms with van der Waals surface area (Å²) in [6.07, 6.45) is 1.40. The van der Waals surface area contributed by atoms with Crippen molar-refractivity contribution in [2.75, 3.05) is 5.32 Å². The highest BCUT2D eigenvalue weighted by Gasteiger charge is 2.09. The Hall–Kier alpha value is -2.47. The minimum atomic E-state index is -0.267. The molecule has 2 aromatic carbocycles. The van der Waals surface area contributed by atoms with Gasteiger partial charge in [-0.3, -0.25) is 14.2 Å². The third kappa shape index (κ3) is 3.23. The van der Waals surface area contributed by atoms with Crippen LogP contribution >= 0.6 is 15.9 Å². The zero-order valence-electron chi connectivity index (χ0n) is 13.3. The lowest BCUT2D eigenvalue weighted by Crippen LogP contribution is -2.29. The van der Waals surface area contributed by atoms with Gasteiger partial charge in [-0.15, -0.1) is 0 Å². The molecule has 0 saturated carbocycles. The van der Waals surface area contributed by atoms with E-state index in [0.717, 1.165) is 15.2 Å². The van der Waals surface area contributed by atoms with Crippen molar-refractivity contribution < 1.29 is 4.79 Å². The summed E-state index contributed by atoms with van der Waals surface area (Å²) in [5.74, 6) is -0.267. The van der Waals surface area contributed by atoms with Gasteiger partial charge in [0.1, 0.15) is 6.54 Å². The molecule has 0 aliphatic heterocycles. The number of aryl methyl sites for hydroxylation is 1. The summed E-state index contributed by atoms with van der Waals surface area (Å²) in [5.41, 5.74) is 1.73. The van der Waals surface area contributed by atoms with Gasteiger partial charge in [-0.2, -0.15) is 0 Å². The first-order valence-corrected chi connectivity index (χ1v) is 8.26. The Bertz CT molecular complexity index is 995. The average molecular weight is 386 g/mol. The maximum atomic E-state index is 12.2. The Balaban J connectivity index is 1.80. The van der Waals surface area contributed by atoms with E-state index in [0.29, 0.717) is 16.9 Å². The minimum Gasteiger partial charge on any atom is -0.325 e. The summed E-state index contributed by atoms with van der Waals surface area (Å²) in [6.45, 7) is 3.41. The average Bonchev–Trinajstić information content (AvgIpc) is 2.55. The molecule has 0 atom stereocenters. The topological polar surface area (TPSA) is 64.0 Å². The molecule has 24 heavy (non-hydrogen) atoms. The van der Waals surface area contributed by atoms with Crippen LogP contribution in [-0.4, -0.2) is 15.5 Å². The Labute approximate surface area is 147 Å². The van der Waals surface area contributed by atoms with Gasteiger partial charge >= 0.3 is 0 Å². The summed E-state index contributed by atoms with van der Waals surface area (Å²) in [6, 6.07) is 11.6. The number of anilines is 1. The van der Waals surface area contributed by atoms with Crippen LogP contribution in [0.4, 0.5) is 5.69 Å². The lowest BCUT2D eigenvalue weighted by molar-refractivity contribution is -0.116. The van der Waals surface area contributed by atoms with E-state index in [1.165, 1.54) is 10.9 Å². The quantitative estimate of drug-likeness (QED) is 0.751. The van der Waals surface area contributed by atoms with Crippen molar-refractivity contribution in [3.05, 3.63) is 68.8 Å². The van der Waals surface area contributed by atoms with E-state index < -0.39 is 0 Å². The van der Waals surface area contributed by atoms with Gasteiger partial charge in [0, 0.05) is 21.4 Å². The van der Waals surface area contributed by atoms with Gasteiger partial charge in [-0.05, 0) is 42.8 Å². The maximum absolute atomic E-state index is 12.2. The number of amides is 1. The molecule has 1 heterocycles. The van der Waals surface area contributed by atoms with E-state index >= 15 is 0 Å². The molecule has 0 aliphatic rings. The molecule has 3 aromatic rings. The molecule has 1 aromatic heterocycles. The number of rotatable bonds is 3. The first-order chi connectivity index (χ1) is 11.5. The van der Waals surface area contributed by atoms with E-state index in [2.05, 4.69) is 26.2 Å². The molecular weight excluding hydrogens is 370 g/mol. The van der Waals surface area contributed by atoms with E-state index in [4.69, 9.17) is 0 Å². The van der Waals surface area contributed by atoms with Crippen molar-refractivity contribution in [1.29, 1.82) is 0 Å². The SMILES string of the molecule is Cc1ncn(CC(=O)Nc2ccc3c(Br)cccc3c2)c(=O)c1C. The smallest absolute Gasteiger partial charge is 0.256 e. The number of hydrogen-bond donors (Lipinski definition) is 1. The van der Waals surface area contributed by atoms with Crippen molar-refractivity contribution in [3.63, 3.8) is 0 Å². The fourth-order valence-electron chi connectivity index (χ4n) is 2.47. The molecule has 5 nitrogen and oxygen atoms in total. The number of benzene rings is 2. The Kier molecular flexibility index (Phi) is 4.49. The molecule has 122 valence electrons. The Morgan fingerprint density at radius 3 is 2.83 bits per heavy atom. The van der Waals surface area contributed by atoms with Crippen molar-refractivity contribution in [3.8, 4) is 0 Å². The van der Waals surface area contributed by atoms with Gasteiger partial charge in [0.05, 0.1) is 6.33 Å². The van der Waals surface area contributed by atoms with Crippen LogP contribution in [-0.2, 0) is 11.3 Å². The van der Waals surface area contributed by atoms with Crippen LogP contribution < -0.4 is 10.9 Å². The minimum absolute atomic E-state index is 0.0660. The first kappa shape index (κ1) is 16.4. The summed E-state index contributed by atoms with van der Waals surface area (Å²) >= 11 is 3.50. The van der Waals surface area contributed by atoms with Crippen LogP contribution in [0.5, 0.6) is 0 Å². The van der Waals surface area contributed by atoms with Gasteiger partial charge in [0.2, 0.25) is 5.91 Å². The van der Waals surface area contributed by atoms with E-state index in [1.54, 1.807) is 13.8 Å². The second-order valence-electron chi connectivity index (χ2n) is 5.61. The van der Waals surface area contributed by atoms with Crippen LogP contribution in [0.25, 0.3) is 10.8 Å². The third-order valence-electron chi connectivity index (χ3n) is 3.94. The highest BCUT2D eigenvalue weighted by Crippen LogP contribution is 2.26. The van der Waals surface area contributed by atoms with Crippen LogP contribution in [0.2, 0.25) is 0 Å². The molecule has 3 rings (SSSR count). The van der Waals surface area contributed by atoms with E-state index in [-0.39, 0.29) is 18.0 Å². The number of nitrogens with zero attached hydrogens (tertiary/aromatic N) is 2. The fourth-order valence-corrected chi connectivity index (χ4v) is 2.98. The molecule has 1 amide bonds. The van der Waals surface area contributed by atoms with Gasteiger partial charge in [-0.25, -0.2) is 4.98 Å². The third-order valence-corrected chi connectivity index (χ3v) is 4.63. The second kappa shape index (κ2) is 6.57. The molecule has 0 spiro atoms. The van der Waals surface area contributed by atoms with Crippen molar-refractivity contribution >= 4 is 38.3 Å². The summed E-state index contributed by atoms with van der Waals surface area (Å²) < 4.78 is 2.32. The predicted molar refractivity (Wildman–Crippen MR) is 98.2 cm³/mol. The van der Waals surface area contributed by atoms with Gasteiger partial charge in [-0.1, -0.05) is 34.1 Å². The zero-order chi connectivity index (χ0) is 17.3. The standard InChI is InChI=1S/C18H16BrN3O2/c1-11-12(2)20-10-22(18(11)24)9-17(23)21-14-6-7-15-13(8-14)4-3-5-16(15)19/h3-8,10H,9H2,1-2H3,(H,21,23). The number of aromatic nitrogens is 2. The largest absolute Gasteiger partial charge is 0.325 e. The summed E-state index contributed by atoms with van der Waals surface area (Å²) in [5, 5.41) is 4.92. The molecule has 0 aliphatic carbocycles. The first-order valence-electron chi connectivity index (χ1n) is 7.46. The summed E-state index contributed by atoms with van der Waals surface area (Å²) in [7, 11) is 0. The number of nitrogens with one attached hydrogen (secondary N) is 1. The molecule has 0 bridgehead atoms. The number of fused-ring (bicyclic) bond motifs is 1. The van der Waals surface area contributed by atoms with Gasteiger partial charge in [0.25, 0.3) is 5.56 Å². The zero-order valence-corrected chi connectivity index (χ0v) is 14.9. The van der Waals surface area contributed by atoms with Crippen LogP contribution in [0.1, 0.15) is 11.3 Å². The van der Waals surface area contributed by atoms with Crippen molar-refractivity contribution in [2.24, 2.45) is 0 Å². The number of halogens is 1. The number of carbonyl (C=O) groups is 1. The molecule has 0 fully saturated rings. The van der Waals surface area contributed by atoms with E-state index in [1.807, 2.05) is 36.4 Å². The van der Waals surface area contributed by atoms with E-state index in [9.17, 15) is 9.59 Å². The lowest BCUT2D eigenvalue weighted by Gasteiger charge is -2.10. The lowest BCUT2D eigenvalue weighted by atomic mass is 10.1. The highest BCUT2D eigenvalue weighted by molar-refractivity contribution is 9.10. The molecular formula is C18H16BrN3O2. The van der Waals surface area contributed by atoms with Crippen LogP contribution in [0, 0.1) is 13.8 Å². The molecule has 0 radical (unpaired) electrons. The Morgan fingerprint density at radius 1 is 1.25 bits per heavy atom. The van der Waals surface area contributed by atoms with Crippen LogP contribution in [0.15, 0.2) is 52.0 Å². The van der Waals surface area contributed by atoms with Crippen LogP contribution in [0.3, 0.4) is 0 Å².